The third-order valence-electron chi connectivity index (χ3n) is 16.1. The van der Waals surface area contributed by atoms with Crippen LogP contribution >= 0.6 is 11.6 Å². The number of nitrogens with one attached hydrogen (secondary N) is 2. The molecule has 0 bridgehead atoms. The lowest BCUT2D eigenvalue weighted by atomic mass is 9.75. The summed E-state index contributed by atoms with van der Waals surface area (Å²) >= 11 is 6.69. The van der Waals surface area contributed by atoms with Crippen LogP contribution < -0.4 is 30.7 Å². The Bertz CT molecular complexity index is 3020. The number of benzene rings is 4. The summed E-state index contributed by atoms with van der Waals surface area (Å²) in [5.74, 6) is -5.76. The van der Waals surface area contributed by atoms with Crippen LogP contribution in [0.4, 0.5) is 32.6 Å². The molecular formula is C54H58ClF5N8O6. The zero-order valence-electron chi connectivity index (χ0n) is 41.1. The number of piperidine rings is 1. The van der Waals surface area contributed by atoms with E-state index in [0.29, 0.717) is 70.4 Å². The number of fused-ring (bicyclic) bond motifs is 2. The second kappa shape index (κ2) is 20.8. The Hall–Kier alpha value is -6.31. The molecule has 10 rings (SSSR count). The van der Waals surface area contributed by atoms with Gasteiger partial charge in [0.25, 0.3) is 0 Å². The molecular weight excluding hydrogens is 987 g/mol. The first-order valence-electron chi connectivity index (χ1n) is 25.4. The largest absolute Gasteiger partial charge is 0.488 e. The van der Waals surface area contributed by atoms with Gasteiger partial charge in [0, 0.05) is 91.8 Å². The first-order chi connectivity index (χ1) is 35.6. The van der Waals surface area contributed by atoms with Crippen LogP contribution in [0.25, 0.3) is 22.0 Å². The van der Waals surface area contributed by atoms with E-state index >= 15 is 17.6 Å². The Morgan fingerprint density at radius 1 is 0.919 bits per heavy atom. The van der Waals surface area contributed by atoms with Gasteiger partial charge in [0.05, 0.1) is 16.0 Å². The molecule has 4 N–H and O–H groups in total. The normalized spacial score (nSPS) is 23.6. The number of likely N-dealkylation sites (tertiary alicyclic amines) is 2. The molecule has 3 atom stereocenters. The zero-order chi connectivity index (χ0) is 52.2. The fraction of sp³-hybridized carbons (Fsp3) is 0.463. The van der Waals surface area contributed by atoms with Crippen molar-refractivity contribution in [2.24, 2.45) is 18.7 Å². The van der Waals surface area contributed by atoms with E-state index < -0.39 is 70.9 Å². The van der Waals surface area contributed by atoms with E-state index in [1.807, 2.05) is 42.2 Å². The smallest absolute Gasteiger partial charge is 0.329 e. The fourth-order valence-electron chi connectivity index (χ4n) is 12.4. The Morgan fingerprint density at radius 3 is 2.36 bits per heavy atom. The number of nitrogens with zero attached hydrogens (tertiary/aromatic N) is 5. The lowest BCUT2D eigenvalue weighted by Crippen LogP contribution is -2.49. The van der Waals surface area contributed by atoms with E-state index in [-0.39, 0.29) is 93.3 Å². The summed E-state index contributed by atoms with van der Waals surface area (Å²) in [6.07, 6.45) is 5.28. The molecule has 1 aliphatic carbocycles. The maximum Gasteiger partial charge on any atom is 0.329 e. The fourth-order valence-corrected chi connectivity index (χ4v) is 12.6. The topological polar surface area (TPSA) is 164 Å². The van der Waals surface area contributed by atoms with Gasteiger partial charge in [-0.05, 0) is 94.3 Å². The molecule has 20 heteroatoms. The molecule has 4 fully saturated rings. The van der Waals surface area contributed by atoms with Crippen molar-refractivity contribution in [2.75, 3.05) is 57.4 Å². The lowest BCUT2D eigenvalue weighted by molar-refractivity contribution is -0.135. The van der Waals surface area contributed by atoms with E-state index in [0.717, 1.165) is 24.8 Å². The number of aromatic nitrogens is 2. The van der Waals surface area contributed by atoms with Crippen molar-refractivity contribution in [1.29, 1.82) is 0 Å². The maximum absolute atomic E-state index is 16.4. The van der Waals surface area contributed by atoms with Gasteiger partial charge in [0.2, 0.25) is 17.7 Å². The highest BCUT2D eigenvalue weighted by Crippen LogP contribution is 2.58. The second-order valence-corrected chi connectivity index (χ2v) is 20.6. The molecule has 1 saturated carbocycles. The molecule has 4 aromatic carbocycles. The third-order valence-corrected chi connectivity index (χ3v) is 16.5. The van der Waals surface area contributed by atoms with Gasteiger partial charge in [-0.2, -0.15) is 5.10 Å². The number of aryl methyl sites for hydroxylation is 1. The highest BCUT2D eigenvalue weighted by atomic mass is 35.5. The van der Waals surface area contributed by atoms with E-state index in [1.54, 1.807) is 7.05 Å². The number of ether oxygens (including phenoxy) is 2. The van der Waals surface area contributed by atoms with Crippen molar-refractivity contribution in [3.63, 3.8) is 0 Å². The van der Waals surface area contributed by atoms with Gasteiger partial charge < -0.3 is 25.4 Å². The van der Waals surface area contributed by atoms with Crippen molar-refractivity contribution in [2.45, 2.75) is 94.2 Å². The Labute approximate surface area is 429 Å². The summed E-state index contributed by atoms with van der Waals surface area (Å²) in [5, 5.41) is 10.0. The summed E-state index contributed by atoms with van der Waals surface area (Å²) in [4.78, 5) is 56.6. The summed E-state index contributed by atoms with van der Waals surface area (Å²) in [6, 6.07) is 13.8. The van der Waals surface area contributed by atoms with Crippen LogP contribution in [0.2, 0.25) is 5.02 Å². The highest BCUT2D eigenvalue weighted by molar-refractivity contribution is 6.34. The van der Waals surface area contributed by atoms with Gasteiger partial charge in [-0.1, -0.05) is 48.9 Å². The molecule has 5 aliphatic rings. The minimum absolute atomic E-state index is 0.0121. The summed E-state index contributed by atoms with van der Waals surface area (Å²) in [6.45, 7) is 3.55. The van der Waals surface area contributed by atoms with Crippen LogP contribution in [0, 0.1) is 29.2 Å². The summed E-state index contributed by atoms with van der Waals surface area (Å²) in [5.41, 5.74) is 5.21. The van der Waals surface area contributed by atoms with Crippen LogP contribution in [0.15, 0.2) is 54.6 Å². The number of hydrogen-bond acceptors (Lipinski definition) is 9. The number of anilines is 1. The number of nitrogens with two attached hydrogens (primary N) is 1. The summed E-state index contributed by atoms with van der Waals surface area (Å²) < 4.78 is 90.9. The van der Waals surface area contributed by atoms with Crippen LogP contribution in [0.1, 0.15) is 104 Å². The van der Waals surface area contributed by atoms with Crippen LogP contribution in [0.3, 0.4) is 0 Å². The third kappa shape index (κ3) is 9.22. The minimum Gasteiger partial charge on any atom is -0.488 e. The molecule has 5 amide bonds. The molecule has 5 aromatic rings. The van der Waals surface area contributed by atoms with Crippen molar-refractivity contribution in [3.05, 3.63) is 105 Å². The van der Waals surface area contributed by atoms with Crippen LogP contribution in [-0.4, -0.2) is 108 Å². The number of alkyl halides is 1. The predicted molar refractivity (Wildman–Crippen MR) is 267 cm³/mol. The van der Waals surface area contributed by atoms with Gasteiger partial charge in [-0.15, -0.1) is 0 Å². The number of halogens is 6. The van der Waals surface area contributed by atoms with Crippen molar-refractivity contribution >= 4 is 52.1 Å². The number of carbonyl (C=O) groups excluding carboxylic acids is 4. The SMILES string of the molecule is C[C@H]1c2c(cc(F)c(Cl)c2-c2c(C(N)=O)ccc(OCCF)c2F)OC1(CCNC1CCC(C(=O)N2CC[C@H](N3CCC(c4c(F)cc5c(N6CCC(=O)NC6=O)nn(C)c5c4F)CC3)C2)CC1)c1ccccc1. The average Bonchev–Trinajstić information content (AvgIpc) is 4.09. The van der Waals surface area contributed by atoms with Crippen LogP contribution in [-0.2, 0) is 22.2 Å². The predicted octanol–water partition coefficient (Wildman–Crippen LogP) is 8.75. The molecule has 14 nitrogen and oxygen atoms in total. The number of carbonyl (C=O) groups is 4. The number of urea groups is 1. The maximum atomic E-state index is 16.4. The number of hydrogen-bond donors (Lipinski definition) is 3. The Balaban J connectivity index is 0.755. The van der Waals surface area contributed by atoms with Crippen LogP contribution in [0.5, 0.6) is 11.5 Å². The second-order valence-electron chi connectivity index (χ2n) is 20.2. The lowest BCUT2D eigenvalue weighted by Gasteiger charge is -2.37. The van der Waals surface area contributed by atoms with Crippen molar-refractivity contribution < 1.29 is 50.6 Å². The number of amides is 5. The number of rotatable bonds is 14. The zero-order valence-corrected chi connectivity index (χ0v) is 41.9. The quantitative estimate of drug-likeness (QED) is 0.0923. The van der Waals surface area contributed by atoms with Crippen molar-refractivity contribution in [3.8, 4) is 22.6 Å². The van der Waals surface area contributed by atoms with E-state index in [9.17, 15) is 23.6 Å². The van der Waals surface area contributed by atoms with Gasteiger partial charge in [0.1, 0.15) is 41.8 Å². The van der Waals surface area contributed by atoms with E-state index in [4.69, 9.17) is 26.8 Å². The minimum atomic E-state index is -1.09. The first-order valence-corrected chi connectivity index (χ1v) is 25.8. The average molecular weight is 1050 g/mol. The molecule has 1 unspecified atom stereocenters. The Morgan fingerprint density at radius 2 is 1.66 bits per heavy atom. The Kier molecular flexibility index (Phi) is 14.4. The van der Waals surface area contributed by atoms with Crippen molar-refractivity contribution in [1.82, 2.24) is 30.2 Å². The molecule has 4 aliphatic heterocycles. The van der Waals surface area contributed by atoms with Gasteiger partial charge >= 0.3 is 6.03 Å². The molecule has 5 heterocycles. The standard InChI is InChI=1S/C54H58ClF5N8O6/c1-29-42-40(27-38(58)46(55)45(42)44-35(50(61)70)12-13-39(47(44)59)73-25-19-56)74-54(29,32-6-4-3-5-7-32)18-20-62-33-10-8-31(9-11-33)52(71)67-23-16-34(28-67)66-21-14-30(15-22-66)43-37(57)26-36-49(48(43)60)65(2)64-51(36)68-24-17-41(69)63-53(68)72/h3-7,12-13,26-27,29-31,33-34,62H,8-11,14-25,28H2,1-2H3,(H2,61,70)(H,63,69,72)/t29-,31?,33?,34-,54?/m0/s1. The van der Waals surface area contributed by atoms with Gasteiger partial charge in [-0.3, -0.25) is 34.2 Å². The molecule has 0 radical (unpaired) electrons. The molecule has 0 spiro atoms. The first kappa shape index (κ1) is 51.2. The molecule has 1 aromatic heterocycles. The van der Waals surface area contributed by atoms with Gasteiger partial charge in [-0.25, -0.2) is 26.7 Å². The van der Waals surface area contributed by atoms with E-state index in [2.05, 4.69) is 20.6 Å². The van der Waals surface area contributed by atoms with Gasteiger partial charge in [0.15, 0.2) is 23.2 Å². The molecule has 3 saturated heterocycles. The monoisotopic (exact) mass is 1040 g/mol. The number of primary amides is 1. The molecule has 74 heavy (non-hydrogen) atoms. The highest BCUT2D eigenvalue weighted by Gasteiger charge is 2.50. The number of imide groups is 1. The van der Waals surface area contributed by atoms with E-state index in [1.165, 1.54) is 33.8 Å². The molecule has 392 valence electrons. The summed E-state index contributed by atoms with van der Waals surface area (Å²) in [7, 11) is 1.55.